The average molecular weight is 305 g/mol. The van der Waals surface area contributed by atoms with Gasteiger partial charge < -0.3 is 14.8 Å². The molecule has 0 radical (unpaired) electrons. The Labute approximate surface area is 126 Å². The molecule has 0 amide bonds. The molecule has 1 aliphatic carbocycles. The van der Waals surface area contributed by atoms with Crippen LogP contribution in [0, 0.1) is 0 Å². The van der Waals surface area contributed by atoms with E-state index in [2.05, 4.69) is 10.1 Å². The smallest absolute Gasteiger partial charge is 0.343 e. The number of hydrogen-bond acceptors (Lipinski definition) is 5. The third-order valence-corrected chi connectivity index (χ3v) is 4.20. The molecule has 2 N–H and O–H groups in total. The molecule has 2 aromatic heterocycles. The van der Waals surface area contributed by atoms with E-state index in [4.69, 9.17) is 4.74 Å². The minimum absolute atomic E-state index is 0.0390. The molecule has 0 aliphatic heterocycles. The third kappa shape index (κ3) is 2.36. The van der Waals surface area contributed by atoms with E-state index in [1.165, 1.54) is 10.7 Å². The van der Waals surface area contributed by atoms with Crippen LogP contribution in [0.1, 0.15) is 60.9 Å². The number of aromatic hydroxyl groups is 1. The van der Waals surface area contributed by atoms with Crippen molar-refractivity contribution in [2.24, 2.45) is 0 Å². The zero-order valence-electron chi connectivity index (χ0n) is 12.5. The van der Waals surface area contributed by atoms with Crippen molar-refractivity contribution in [3.8, 4) is 5.88 Å². The van der Waals surface area contributed by atoms with E-state index in [1.54, 1.807) is 6.92 Å². The summed E-state index contributed by atoms with van der Waals surface area (Å²) >= 11 is 0. The van der Waals surface area contributed by atoms with Gasteiger partial charge in [0.15, 0.2) is 5.65 Å². The second kappa shape index (κ2) is 5.82. The van der Waals surface area contributed by atoms with E-state index in [9.17, 15) is 14.7 Å². The molecule has 22 heavy (non-hydrogen) atoms. The number of H-pyrrole nitrogens is 1. The van der Waals surface area contributed by atoms with Gasteiger partial charge in [0.2, 0.25) is 5.88 Å². The summed E-state index contributed by atoms with van der Waals surface area (Å²) in [5.41, 5.74) is 0.318. The van der Waals surface area contributed by atoms with E-state index in [1.807, 2.05) is 0 Å². The predicted octanol–water partition coefficient (Wildman–Crippen LogP) is 1.95. The first-order valence-electron chi connectivity index (χ1n) is 7.63. The van der Waals surface area contributed by atoms with Gasteiger partial charge in [-0.1, -0.05) is 19.3 Å². The van der Waals surface area contributed by atoms with Crippen LogP contribution in [-0.2, 0) is 4.74 Å². The molecular weight excluding hydrogens is 286 g/mol. The Balaban J connectivity index is 2.10. The fourth-order valence-corrected chi connectivity index (χ4v) is 3.14. The zero-order chi connectivity index (χ0) is 15.7. The monoisotopic (exact) mass is 305 g/mol. The molecule has 0 spiro atoms. The predicted molar refractivity (Wildman–Crippen MR) is 79.3 cm³/mol. The second-order valence-electron chi connectivity index (χ2n) is 5.57. The van der Waals surface area contributed by atoms with E-state index in [0.717, 1.165) is 32.1 Å². The summed E-state index contributed by atoms with van der Waals surface area (Å²) in [6.45, 7) is 1.93. The van der Waals surface area contributed by atoms with Crippen LogP contribution in [0.15, 0.2) is 11.0 Å². The molecule has 2 aromatic rings. The van der Waals surface area contributed by atoms with Crippen LogP contribution in [0.4, 0.5) is 0 Å². The van der Waals surface area contributed by atoms with Crippen LogP contribution in [0.2, 0.25) is 0 Å². The van der Waals surface area contributed by atoms with Crippen molar-refractivity contribution >= 4 is 11.6 Å². The topological polar surface area (TPSA) is 96.7 Å². The van der Waals surface area contributed by atoms with Crippen LogP contribution in [-0.4, -0.2) is 32.3 Å². The van der Waals surface area contributed by atoms with E-state index < -0.39 is 5.97 Å². The quantitative estimate of drug-likeness (QED) is 0.845. The maximum absolute atomic E-state index is 12.4. The first kappa shape index (κ1) is 14.6. The number of esters is 1. The second-order valence-corrected chi connectivity index (χ2v) is 5.57. The van der Waals surface area contributed by atoms with E-state index in [0.29, 0.717) is 5.56 Å². The van der Waals surface area contributed by atoms with Crippen molar-refractivity contribution in [1.82, 2.24) is 14.6 Å². The summed E-state index contributed by atoms with van der Waals surface area (Å²) in [7, 11) is 0. The number of nitrogens with zero attached hydrogens (tertiary/aromatic N) is 2. The summed E-state index contributed by atoms with van der Waals surface area (Å²) in [4.78, 5) is 26.9. The first-order chi connectivity index (χ1) is 10.6. The Kier molecular flexibility index (Phi) is 3.87. The van der Waals surface area contributed by atoms with Gasteiger partial charge in [-0.15, -0.1) is 0 Å². The molecule has 0 atom stereocenters. The molecule has 2 heterocycles. The number of ether oxygens (including phenoxy) is 1. The number of carbonyl (C=O) groups excluding carboxylic acids is 1. The highest BCUT2D eigenvalue weighted by molar-refractivity contribution is 5.95. The van der Waals surface area contributed by atoms with Crippen LogP contribution in [0.3, 0.4) is 0 Å². The maximum atomic E-state index is 12.4. The third-order valence-electron chi connectivity index (χ3n) is 4.20. The van der Waals surface area contributed by atoms with Gasteiger partial charge in [0.05, 0.1) is 18.4 Å². The minimum atomic E-state index is -0.571. The maximum Gasteiger partial charge on any atom is 0.343 e. The molecule has 1 fully saturated rings. The van der Waals surface area contributed by atoms with Crippen molar-refractivity contribution in [2.45, 2.75) is 44.9 Å². The molecule has 1 saturated carbocycles. The molecule has 7 heteroatoms. The zero-order valence-corrected chi connectivity index (χ0v) is 12.5. The van der Waals surface area contributed by atoms with Gasteiger partial charge in [-0.25, -0.2) is 4.79 Å². The van der Waals surface area contributed by atoms with Crippen molar-refractivity contribution in [1.29, 1.82) is 0 Å². The molecule has 7 nitrogen and oxygen atoms in total. The van der Waals surface area contributed by atoms with Crippen LogP contribution >= 0.6 is 0 Å². The average Bonchev–Trinajstić information content (AvgIpc) is 2.92. The van der Waals surface area contributed by atoms with E-state index >= 15 is 0 Å². The van der Waals surface area contributed by atoms with Gasteiger partial charge in [0.1, 0.15) is 5.56 Å². The standard InChI is InChI=1S/C15H19N3O4/c1-2-22-15(21)10-8-16-18-12(10)17-13(19)11(14(18)20)9-6-4-3-5-7-9/h8-9,20H,2-7H2,1H3,(H,17,19). The number of aromatic amines is 1. The summed E-state index contributed by atoms with van der Waals surface area (Å²) in [5.74, 6) is -0.712. The number of nitrogens with one attached hydrogen (secondary N) is 1. The van der Waals surface area contributed by atoms with Crippen molar-refractivity contribution in [2.75, 3.05) is 6.61 Å². The van der Waals surface area contributed by atoms with Crippen LogP contribution in [0.5, 0.6) is 5.88 Å². The normalized spacial score (nSPS) is 16.0. The van der Waals surface area contributed by atoms with Crippen LogP contribution < -0.4 is 5.56 Å². The van der Waals surface area contributed by atoms with Gasteiger partial charge >= 0.3 is 5.97 Å². The Morgan fingerprint density at radius 2 is 2.18 bits per heavy atom. The molecule has 0 unspecified atom stereocenters. The number of carbonyl (C=O) groups is 1. The lowest BCUT2D eigenvalue weighted by atomic mass is 9.85. The lowest BCUT2D eigenvalue weighted by molar-refractivity contribution is 0.0528. The largest absolute Gasteiger partial charge is 0.493 e. The van der Waals surface area contributed by atoms with Gasteiger partial charge in [-0.2, -0.15) is 9.61 Å². The number of aromatic nitrogens is 3. The molecule has 1 aliphatic rings. The Morgan fingerprint density at radius 3 is 2.86 bits per heavy atom. The summed E-state index contributed by atoms with van der Waals surface area (Å²) in [6.07, 6.45) is 6.33. The Hall–Kier alpha value is -2.31. The summed E-state index contributed by atoms with van der Waals surface area (Å²) in [6, 6.07) is 0. The van der Waals surface area contributed by atoms with Gasteiger partial charge in [0.25, 0.3) is 5.56 Å². The fourth-order valence-electron chi connectivity index (χ4n) is 3.14. The number of hydrogen-bond donors (Lipinski definition) is 2. The number of fused-ring (bicyclic) bond motifs is 1. The van der Waals surface area contributed by atoms with Crippen molar-refractivity contribution < 1.29 is 14.6 Å². The van der Waals surface area contributed by atoms with Gasteiger partial charge in [-0.3, -0.25) is 4.79 Å². The van der Waals surface area contributed by atoms with Crippen molar-refractivity contribution in [3.63, 3.8) is 0 Å². The number of rotatable bonds is 3. The lowest BCUT2D eigenvalue weighted by Gasteiger charge is -2.21. The Morgan fingerprint density at radius 1 is 1.45 bits per heavy atom. The van der Waals surface area contributed by atoms with Crippen molar-refractivity contribution in [3.05, 3.63) is 27.7 Å². The first-order valence-corrected chi connectivity index (χ1v) is 7.63. The van der Waals surface area contributed by atoms with Gasteiger partial charge in [-0.05, 0) is 25.7 Å². The molecule has 118 valence electrons. The Bertz CT molecular complexity index is 756. The minimum Gasteiger partial charge on any atom is -0.493 e. The molecule has 3 rings (SSSR count). The van der Waals surface area contributed by atoms with Gasteiger partial charge in [0, 0.05) is 0 Å². The highest BCUT2D eigenvalue weighted by Gasteiger charge is 2.26. The van der Waals surface area contributed by atoms with Crippen LogP contribution in [0.25, 0.3) is 5.65 Å². The molecule has 0 saturated heterocycles. The summed E-state index contributed by atoms with van der Waals surface area (Å²) in [5, 5.41) is 14.4. The highest BCUT2D eigenvalue weighted by Crippen LogP contribution is 2.35. The lowest BCUT2D eigenvalue weighted by Crippen LogP contribution is -2.21. The fraction of sp³-hybridized carbons (Fsp3) is 0.533. The summed E-state index contributed by atoms with van der Waals surface area (Å²) < 4.78 is 6.13. The van der Waals surface area contributed by atoms with E-state index in [-0.39, 0.29) is 35.2 Å². The SMILES string of the molecule is CCOC(=O)c1cnn2c(O)c(C3CCCCC3)c(=O)[nH]c12. The molecule has 0 aromatic carbocycles. The highest BCUT2D eigenvalue weighted by atomic mass is 16.5. The molecular formula is C15H19N3O4. The molecule has 0 bridgehead atoms.